The molecule has 0 bridgehead atoms. The number of hydrogen-bond donors (Lipinski definition) is 2. The van der Waals surface area contributed by atoms with Crippen LogP contribution < -0.4 is 10.1 Å². The van der Waals surface area contributed by atoms with Crippen molar-refractivity contribution >= 4 is 39.1 Å². The zero-order valence-electron chi connectivity index (χ0n) is 15.5. The highest BCUT2D eigenvalue weighted by Crippen LogP contribution is 2.27. The second-order valence-electron chi connectivity index (χ2n) is 6.30. The summed E-state index contributed by atoms with van der Waals surface area (Å²) in [5.41, 5.74) is 0.179. The molecule has 0 radical (unpaired) electrons. The van der Waals surface area contributed by atoms with E-state index < -0.39 is 15.9 Å². The molecule has 2 N–H and O–H groups in total. The van der Waals surface area contributed by atoms with E-state index >= 15 is 0 Å². The van der Waals surface area contributed by atoms with E-state index in [1.165, 1.54) is 16.6 Å². The first-order valence-electron chi connectivity index (χ1n) is 9.00. The van der Waals surface area contributed by atoms with Gasteiger partial charge in [0.25, 0.3) is 5.91 Å². The van der Waals surface area contributed by atoms with Crippen LogP contribution in [-0.2, 0) is 14.8 Å². The third-order valence-electron chi connectivity index (χ3n) is 4.27. The summed E-state index contributed by atoms with van der Waals surface area (Å²) in [6.45, 7) is 2.03. The maximum Gasteiger partial charge on any atom is 0.267 e. The maximum absolute atomic E-state index is 12.6. The lowest BCUT2D eigenvalue weighted by Gasteiger charge is -2.25. The molecule has 0 spiro atoms. The van der Waals surface area contributed by atoms with E-state index in [9.17, 15) is 13.2 Å². The highest BCUT2D eigenvalue weighted by atomic mass is 35.5. The Balaban J connectivity index is 1.46. The molecule has 158 valence electrons. The number of carbonyl (C=O) groups excluding carboxylic acids is 1. The van der Waals surface area contributed by atoms with Crippen LogP contribution in [0, 0.1) is 0 Å². The van der Waals surface area contributed by atoms with Crippen molar-refractivity contribution in [2.75, 3.05) is 39.5 Å². The quantitative estimate of drug-likeness (QED) is 0.588. The number of nitrogens with zero attached hydrogens (tertiary/aromatic N) is 1. The molecule has 29 heavy (non-hydrogen) atoms. The summed E-state index contributed by atoms with van der Waals surface area (Å²) in [6, 6.07) is 6.29. The SMILES string of the molecule is O=C(NCCCOc1ccc(Cl)cc1Cl)c1cc(S(=O)(=O)N2CCOCC2)c[nH]1. The lowest BCUT2D eigenvalue weighted by atomic mass is 10.3. The van der Waals surface area contributed by atoms with Gasteiger partial charge in [-0.1, -0.05) is 23.2 Å². The Morgan fingerprint density at radius 2 is 2.00 bits per heavy atom. The molecule has 0 atom stereocenters. The Labute approximate surface area is 179 Å². The molecule has 2 heterocycles. The first-order chi connectivity index (χ1) is 13.9. The Hall–Kier alpha value is -1.78. The number of nitrogens with one attached hydrogen (secondary N) is 2. The van der Waals surface area contributed by atoms with Crippen LogP contribution >= 0.6 is 23.2 Å². The zero-order chi connectivity index (χ0) is 20.9. The zero-order valence-corrected chi connectivity index (χ0v) is 17.8. The predicted molar refractivity (Wildman–Crippen MR) is 109 cm³/mol. The van der Waals surface area contributed by atoms with Gasteiger partial charge < -0.3 is 19.8 Å². The van der Waals surface area contributed by atoms with Gasteiger partial charge in [0.15, 0.2) is 0 Å². The van der Waals surface area contributed by atoms with Crippen LogP contribution in [0.4, 0.5) is 0 Å². The number of aromatic nitrogens is 1. The Bertz CT molecular complexity index is 958. The van der Waals surface area contributed by atoms with E-state index in [0.29, 0.717) is 61.7 Å². The van der Waals surface area contributed by atoms with Gasteiger partial charge in [0, 0.05) is 30.9 Å². The van der Waals surface area contributed by atoms with E-state index in [1.807, 2.05) is 0 Å². The van der Waals surface area contributed by atoms with E-state index in [1.54, 1.807) is 18.2 Å². The minimum Gasteiger partial charge on any atom is -0.492 e. The van der Waals surface area contributed by atoms with Gasteiger partial charge in [-0.15, -0.1) is 0 Å². The highest BCUT2D eigenvalue weighted by molar-refractivity contribution is 7.89. The van der Waals surface area contributed by atoms with Crippen LogP contribution in [0.5, 0.6) is 5.75 Å². The normalized spacial score (nSPS) is 15.2. The van der Waals surface area contributed by atoms with Crippen LogP contribution in [0.2, 0.25) is 10.0 Å². The molecule has 1 saturated heterocycles. The fraction of sp³-hybridized carbons (Fsp3) is 0.389. The Morgan fingerprint density at radius 3 is 2.72 bits per heavy atom. The number of rotatable bonds is 8. The molecule has 8 nitrogen and oxygen atoms in total. The van der Waals surface area contributed by atoms with E-state index in [0.717, 1.165) is 0 Å². The molecule has 11 heteroatoms. The number of ether oxygens (including phenoxy) is 2. The summed E-state index contributed by atoms with van der Waals surface area (Å²) in [6.07, 6.45) is 1.87. The molecule has 2 aromatic rings. The van der Waals surface area contributed by atoms with Crippen molar-refractivity contribution in [3.8, 4) is 5.75 Å². The van der Waals surface area contributed by atoms with Crippen LogP contribution in [0.1, 0.15) is 16.9 Å². The van der Waals surface area contributed by atoms with Crippen LogP contribution in [0.15, 0.2) is 35.4 Å². The van der Waals surface area contributed by atoms with Gasteiger partial charge in [0.05, 0.1) is 24.8 Å². The summed E-state index contributed by atoms with van der Waals surface area (Å²) in [4.78, 5) is 15.0. The average Bonchev–Trinajstić information content (AvgIpc) is 3.21. The first-order valence-corrected chi connectivity index (χ1v) is 11.2. The summed E-state index contributed by atoms with van der Waals surface area (Å²) >= 11 is 11.9. The predicted octanol–water partition coefficient (Wildman–Crippen LogP) is 2.54. The number of morpholine rings is 1. The van der Waals surface area contributed by atoms with Gasteiger partial charge >= 0.3 is 0 Å². The second-order valence-corrected chi connectivity index (χ2v) is 9.08. The molecular formula is C18H21Cl2N3O5S. The van der Waals surface area contributed by atoms with Crippen molar-refractivity contribution in [2.45, 2.75) is 11.3 Å². The molecule has 1 fully saturated rings. The van der Waals surface area contributed by atoms with Gasteiger partial charge in [0.1, 0.15) is 16.3 Å². The van der Waals surface area contributed by atoms with Crippen LogP contribution in [0.25, 0.3) is 0 Å². The monoisotopic (exact) mass is 461 g/mol. The van der Waals surface area contributed by atoms with Crippen molar-refractivity contribution < 1.29 is 22.7 Å². The molecule has 1 aromatic carbocycles. The average molecular weight is 462 g/mol. The van der Waals surface area contributed by atoms with E-state index in [4.69, 9.17) is 32.7 Å². The second kappa shape index (κ2) is 9.82. The van der Waals surface area contributed by atoms with Crippen molar-refractivity contribution in [2.24, 2.45) is 0 Å². The van der Waals surface area contributed by atoms with Gasteiger partial charge in [-0.2, -0.15) is 4.31 Å². The summed E-state index contributed by atoms with van der Waals surface area (Å²) in [7, 11) is -3.64. The fourth-order valence-corrected chi connectivity index (χ4v) is 4.60. The van der Waals surface area contributed by atoms with Crippen molar-refractivity contribution in [3.63, 3.8) is 0 Å². The maximum atomic E-state index is 12.6. The lowest BCUT2D eigenvalue weighted by molar-refractivity contribution is 0.0730. The number of aromatic amines is 1. The summed E-state index contributed by atoms with van der Waals surface area (Å²) in [5.74, 6) is 0.127. The van der Waals surface area contributed by atoms with Crippen molar-refractivity contribution in [1.82, 2.24) is 14.6 Å². The van der Waals surface area contributed by atoms with Gasteiger partial charge in [-0.05, 0) is 30.7 Å². The van der Waals surface area contributed by atoms with Crippen LogP contribution in [0.3, 0.4) is 0 Å². The molecule has 1 aliphatic heterocycles. The minimum absolute atomic E-state index is 0.0604. The van der Waals surface area contributed by atoms with E-state index in [-0.39, 0.29) is 10.6 Å². The minimum atomic E-state index is -3.64. The topological polar surface area (TPSA) is 101 Å². The molecule has 0 aliphatic carbocycles. The Kier molecular flexibility index (Phi) is 7.42. The third kappa shape index (κ3) is 5.64. The molecule has 1 amide bonds. The smallest absolute Gasteiger partial charge is 0.267 e. The number of hydrogen-bond acceptors (Lipinski definition) is 5. The Morgan fingerprint density at radius 1 is 1.24 bits per heavy atom. The first kappa shape index (κ1) is 21.9. The lowest BCUT2D eigenvalue weighted by Crippen LogP contribution is -2.40. The van der Waals surface area contributed by atoms with E-state index in [2.05, 4.69) is 10.3 Å². The van der Waals surface area contributed by atoms with Crippen LogP contribution in [-0.4, -0.2) is 63.1 Å². The van der Waals surface area contributed by atoms with Gasteiger partial charge in [0.2, 0.25) is 10.0 Å². The molecule has 1 aromatic heterocycles. The standard InChI is InChI=1S/C18H21Cl2N3O5S/c19-13-2-3-17(15(20)10-13)28-7-1-4-21-18(24)16-11-14(12-22-16)29(25,26)23-5-8-27-9-6-23/h2-3,10-12,22H,1,4-9H2,(H,21,24). The largest absolute Gasteiger partial charge is 0.492 e. The van der Waals surface area contributed by atoms with Gasteiger partial charge in [-0.25, -0.2) is 8.42 Å². The molecule has 1 aliphatic rings. The highest BCUT2D eigenvalue weighted by Gasteiger charge is 2.27. The van der Waals surface area contributed by atoms with Crippen molar-refractivity contribution in [3.05, 3.63) is 46.2 Å². The molecular weight excluding hydrogens is 441 g/mol. The van der Waals surface area contributed by atoms with Gasteiger partial charge in [-0.3, -0.25) is 4.79 Å². The number of amides is 1. The summed E-state index contributed by atoms with van der Waals surface area (Å²) in [5, 5.41) is 3.66. The molecule has 0 unspecified atom stereocenters. The molecule has 0 saturated carbocycles. The number of H-pyrrole nitrogens is 1. The molecule has 3 rings (SSSR count). The number of halogens is 2. The number of benzene rings is 1. The number of sulfonamides is 1. The number of carbonyl (C=O) groups is 1. The fourth-order valence-electron chi connectivity index (χ4n) is 2.73. The summed E-state index contributed by atoms with van der Waals surface area (Å²) < 4.78 is 37.3. The third-order valence-corrected chi connectivity index (χ3v) is 6.67. The van der Waals surface area contributed by atoms with Crippen molar-refractivity contribution in [1.29, 1.82) is 0 Å².